The molecule has 0 radical (unpaired) electrons. The number of halogens is 2. The maximum atomic E-state index is 12.4. The van der Waals surface area contributed by atoms with Gasteiger partial charge >= 0.3 is 0 Å². The molecular formula is C14H10BrClN2O2S. The summed E-state index contributed by atoms with van der Waals surface area (Å²) in [5.74, 6) is 0. The summed E-state index contributed by atoms with van der Waals surface area (Å²) >= 11 is 9.20. The molecule has 4 nitrogen and oxygen atoms in total. The van der Waals surface area contributed by atoms with E-state index in [0.717, 1.165) is 5.56 Å². The summed E-state index contributed by atoms with van der Waals surface area (Å²) < 4.78 is 27.7. The van der Waals surface area contributed by atoms with Crippen molar-refractivity contribution in [2.45, 2.75) is 11.8 Å². The van der Waals surface area contributed by atoms with E-state index < -0.39 is 10.0 Å². The average molecular weight is 386 g/mol. The van der Waals surface area contributed by atoms with Crippen molar-refractivity contribution in [3.05, 3.63) is 57.0 Å². The van der Waals surface area contributed by atoms with E-state index in [9.17, 15) is 8.42 Å². The van der Waals surface area contributed by atoms with Crippen LogP contribution in [-0.4, -0.2) is 8.42 Å². The lowest BCUT2D eigenvalue weighted by molar-refractivity contribution is 0.600. The number of benzene rings is 2. The number of nitrogens with zero attached hydrogens (tertiary/aromatic N) is 1. The van der Waals surface area contributed by atoms with Crippen molar-refractivity contribution in [1.82, 2.24) is 0 Å². The lowest BCUT2D eigenvalue weighted by atomic mass is 10.2. The highest BCUT2D eigenvalue weighted by molar-refractivity contribution is 9.10. The Labute approximate surface area is 136 Å². The Morgan fingerprint density at radius 3 is 2.57 bits per heavy atom. The quantitative estimate of drug-likeness (QED) is 0.865. The van der Waals surface area contributed by atoms with Gasteiger partial charge in [0.15, 0.2) is 0 Å². The number of rotatable bonds is 3. The molecule has 0 aliphatic carbocycles. The van der Waals surface area contributed by atoms with Gasteiger partial charge in [0.1, 0.15) is 4.90 Å². The van der Waals surface area contributed by atoms with Crippen molar-refractivity contribution >= 4 is 43.2 Å². The van der Waals surface area contributed by atoms with Gasteiger partial charge in [-0.25, -0.2) is 8.42 Å². The molecule has 2 rings (SSSR count). The van der Waals surface area contributed by atoms with Crippen molar-refractivity contribution in [3.63, 3.8) is 0 Å². The lowest BCUT2D eigenvalue weighted by Gasteiger charge is -2.11. The minimum atomic E-state index is -3.80. The maximum absolute atomic E-state index is 12.4. The zero-order chi connectivity index (χ0) is 15.6. The molecular weight excluding hydrogens is 376 g/mol. The van der Waals surface area contributed by atoms with Crippen LogP contribution in [0.1, 0.15) is 11.1 Å². The molecule has 0 aliphatic rings. The lowest BCUT2D eigenvalue weighted by Crippen LogP contribution is -2.14. The molecule has 2 aromatic carbocycles. The van der Waals surface area contributed by atoms with Gasteiger partial charge < -0.3 is 0 Å². The number of hydrogen-bond donors (Lipinski definition) is 1. The summed E-state index contributed by atoms with van der Waals surface area (Å²) in [6.45, 7) is 1.86. The third-order valence-electron chi connectivity index (χ3n) is 2.72. The number of nitriles is 1. The van der Waals surface area contributed by atoms with E-state index in [4.69, 9.17) is 16.9 Å². The van der Waals surface area contributed by atoms with Crippen LogP contribution in [0.15, 0.2) is 45.8 Å². The summed E-state index contributed by atoms with van der Waals surface area (Å²) in [6, 6.07) is 11.2. The maximum Gasteiger partial charge on any atom is 0.263 e. The van der Waals surface area contributed by atoms with Crippen LogP contribution in [0, 0.1) is 18.3 Å². The predicted molar refractivity (Wildman–Crippen MR) is 85.9 cm³/mol. The number of sulfonamides is 1. The van der Waals surface area contributed by atoms with Gasteiger partial charge in [-0.3, -0.25) is 4.72 Å². The molecule has 0 heterocycles. The van der Waals surface area contributed by atoms with Crippen LogP contribution in [0.3, 0.4) is 0 Å². The molecule has 0 saturated heterocycles. The first kappa shape index (κ1) is 15.8. The number of nitrogens with one attached hydrogen (secondary N) is 1. The van der Waals surface area contributed by atoms with Gasteiger partial charge in [-0.05, 0) is 58.7 Å². The normalized spacial score (nSPS) is 11.0. The zero-order valence-corrected chi connectivity index (χ0v) is 14.1. The van der Waals surface area contributed by atoms with Gasteiger partial charge in [0.25, 0.3) is 10.0 Å². The van der Waals surface area contributed by atoms with Crippen LogP contribution < -0.4 is 4.72 Å². The zero-order valence-electron chi connectivity index (χ0n) is 10.9. The van der Waals surface area contributed by atoms with Gasteiger partial charge in [0, 0.05) is 4.47 Å². The van der Waals surface area contributed by atoms with Crippen LogP contribution in [-0.2, 0) is 10.0 Å². The Hall–Kier alpha value is -1.55. The Kier molecular flexibility index (Phi) is 4.57. The molecule has 0 bridgehead atoms. The van der Waals surface area contributed by atoms with Gasteiger partial charge in [-0.15, -0.1) is 0 Å². The second-order valence-corrected chi connectivity index (χ2v) is 7.26. The van der Waals surface area contributed by atoms with Crippen LogP contribution in [0.25, 0.3) is 0 Å². The third kappa shape index (κ3) is 3.56. The second-order valence-electron chi connectivity index (χ2n) is 4.35. The predicted octanol–water partition coefficient (Wildman–Crippen LogP) is 4.08. The summed E-state index contributed by atoms with van der Waals surface area (Å²) in [4.78, 5) is 0.103. The Morgan fingerprint density at radius 1 is 1.24 bits per heavy atom. The molecule has 0 fully saturated rings. The number of anilines is 1. The fraction of sp³-hybridized carbons (Fsp3) is 0.0714. The van der Waals surface area contributed by atoms with Crippen molar-refractivity contribution in [3.8, 4) is 6.07 Å². The van der Waals surface area contributed by atoms with Crippen molar-refractivity contribution in [2.75, 3.05) is 4.72 Å². The molecule has 0 unspecified atom stereocenters. The van der Waals surface area contributed by atoms with E-state index in [2.05, 4.69) is 20.7 Å². The SMILES string of the molecule is Cc1ccc(S(=O)(=O)Nc2cc(C#N)ccc2Cl)c(Br)c1. The van der Waals surface area contributed by atoms with Crippen LogP contribution in [0.5, 0.6) is 0 Å². The van der Waals surface area contributed by atoms with E-state index >= 15 is 0 Å². The molecule has 0 saturated carbocycles. The van der Waals surface area contributed by atoms with E-state index in [1.807, 2.05) is 13.0 Å². The van der Waals surface area contributed by atoms with Gasteiger partial charge in [-0.1, -0.05) is 17.7 Å². The Balaban J connectivity index is 2.45. The highest BCUT2D eigenvalue weighted by Crippen LogP contribution is 2.29. The highest BCUT2D eigenvalue weighted by atomic mass is 79.9. The number of hydrogen-bond acceptors (Lipinski definition) is 3. The summed E-state index contributed by atoms with van der Waals surface area (Å²) in [7, 11) is -3.80. The summed E-state index contributed by atoms with van der Waals surface area (Å²) in [5, 5.41) is 9.09. The summed E-state index contributed by atoms with van der Waals surface area (Å²) in [5.41, 5.74) is 1.42. The Morgan fingerprint density at radius 2 is 1.95 bits per heavy atom. The molecule has 0 aliphatic heterocycles. The summed E-state index contributed by atoms with van der Waals surface area (Å²) in [6.07, 6.45) is 0. The molecule has 21 heavy (non-hydrogen) atoms. The molecule has 0 spiro atoms. The van der Waals surface area contributed by atoms with Gasteiger partial charge in [0.05, 0.1) is 22.3 Å². The monoisotopic (exact) mass is 384 g/mol. The van der Waals surface area contributed by atoms with E-state index in [-0.39, 0.29) is 15.6 Å². The first-order valence-corrected chi connectivity index (χ1v) is 8.47. The van der Waals surface area contributed by atoms with Crippen molar-refractivity contribution in [2.24, 2.45) is 0 Å². The van der Waals surface area contributed by atoms with Gasteiger partial charge in [0.2, 0.25) is 0 Å². The average Bonchev–Trinajstić information content (AvgIpc) is 2.40. The first-order valence-electron chi connectivity index (χ1n) is 5.82. The molecule has 0 atom stereocenters. The standard InChI is InChI=1S/C14H10BrClN2O2S/c1-9-2-5-14(11(15)6-9)21(19,20)18-13-7-10(8-17)3-4-12(13)16/h2-7,18H,1H3. The van der Waals surface area contributed by atoms with E-state index in [1.165, 1.54) is 24.3 Å². The molecule has 7 heteroatoms. The topological polar surface area (TPSA) is 70.0 Å². The molecule has 108 valence electrons. The Bertz CT molecular complexity index is 845. The molecule has 1 N–H and O–H groups in total. The van der Waals surface area contributed by atoms with E-state index in [1.54, 1.807) is 12.1 Å². The van der Waals surface area contributed by atoms with Crippen molar-refractivity contribution < 1.29 is 8.42 Å². The number of aryl methyl sites for hydroxylation is 1. The second kappa shape index (κ2) is 6.06. The van der Waals surface area contributed by atoms with E-state index in [0.29, 0.717) is 10.0 Å². The highest BCUT2D eigenvalue weighted by Gasteiger charge is 2.19. The minimum absolute atomic E-state index is 0.103. The van der Waals surface area contributed by atoms with Crippen LogP contribution in [0.4, 0.5) is 5.69 Å². The molecule has 2 aromatic rings. The van der Waals surface area contributed by atoms with Crippen LogP contribution in [0.2, 0.25) is 5.02 Å². The largest absolute Gasteiger partial charge is 0.278 e. The molecule has 0 amide bonds. The van der Waals surface area contributed by atoms with Crippen molar-refractivity contribution in [1.29, 1.82) is 5.26 Å². The van der Waals surface area contributed by atoms with Gasteiger partial charge in [-0.2, -0.15) is 5.26 Å². The minimum Gasteiger partial charge on any atom is -0.278 e. The fourth-order valence-corrected chi connectivity index (χ4v) is 4.18. The molecule has 0 aromatic heterocycles. The van der Waals surface area contributed by atoms with Crippen LogP contribution >= 0.6 is 27.5 Å². The first-order chi connectivity index (χ1) is 9.83. The third-order valence-corrected chi connectivity index (χ3v) is 5.39. The smallest absolute Gasteiger partial charge is 0.263 e. The fourth-order valence-electron chi connectivity index (χ4n) is 1.70.